The number of nitrogen functional groups attached to an aromatic ring is 1. The summed E-state index contributed by atoms with van der Waals surface area (Å²) in [5, 5.41) is 2.77. The van der Waals surface area contributed by atoms with Crippen LogP contribution in [-0.2, 0) is 16.4 Å². The van der Waals surface area contributed by atoms with Crippen molar-refractivity contribution in [2.24, 2.45) is 0 Å². The molecule has 8 nitrogen and oxygen atoms in total. The van der Waals surface area contributed by atoms with Gasteiger partial charge in [-0.15, -0.1) is 0 Å². The topological polar surface area (TPSA) is 127 Å². The highest BCUT2D eigenvalue weighted by Crippen LogP contribution is 2.12. The van der Waals surface area contributed by atoms with Gasteiger partial charge in [0.1, 0.15) is 21.3 Å². The van der Waals surface area contributed by atoms with Crippen LogP contribution in [0.3, 0.4) is 0 Å². The number of unbranched alkanes of at least 4 members (excludes halogenated alkanes) is 1. The van der Waals surface area contributed by atoms with E-state index in [1.807, 2.05) is 6.92 Å². The number of hydrogen-bond donors (Lipinski definition) is 3. The summed E-state index contributed by atoms with van der Waals surface area (Å²) in [6.07, 6.45) is 2.73. The maximum absolute atomic E-state index is 11.8. The van der Waals surface area contributed by atoms with Crippen LogP contribution in [0.1, 0.15) is 26.7 Å². The minimum Gasteiger partial charge on any atom is -0.383 e. The van der Waals surface area contributed by atoms with Crippen LogP contribution in [0, 0.1) is 0 Å². The Morgan fingerprint density at radius 2 is 2.00 bits per heavy atom. The molecule has 0 aliphatic carbocycles. The van der Waals surface area contributed by atoms with Gasteiger partial charge in [0, 0.05) is 18.8 Å². The second kappa shape index (κ2) is 6.79. The first-order valence-electron chi connectivity index (χ1n) is 6.72. The molecule has 0 aliphatic rings. The Morgan fingerprint density at radius 1 is 1.38 bits per heavy atom. The third-order valence-electron chi connectivity index (χ3n) is 2.92. The summed E-state index contributed by atoms with van der Waals surface area (Å²) in [6, 6.07) is -0.500. The first-order valence-corrected chi connectivity index (χ1v) is 8.78. The summed E-state index contributed by atoms with van der Waals surface area (Å²) >= 11 is 0. The van der Waals surface area contributed by atoms with E-state index >= 15 is 0 Å². The lowest BCUT2D eigenvalue weighted by molar-refractivity contribution is 0.596. The summed E-state index contributed by atoms with van der Waals surface area (Å²) in [6.45, 7) is 3.99. The van der Waals surface area contributed by atoms with E-state index in [-0.39, 0.29) is 17.3 Å². The summed E-state index contributed by atoms with van der Waals surface area (Å²) < 4.78 is 23.8. The Balaban J connectivity index is 3.12. The molecule has 0 radical (unpaired) electrons. The lowest BCUT2D eigenvalue weighted by Crippen LogP contribution is -2.36. The van der Waals surface area contributed by atoms with Crippen molar-refractivity contribution < 1.29 is 8.42 Å². The van der Waals surface area contributed by atoms with Crippen LogP contribution in [0.2, 0.25) is 0 Å². The van der Waals surface area contributed by atoms with Crippen molar-refractivity contribution in [3.05, 3.63) is 20.8 Å². The lowest BCUT2D eigenvalue weighted by Gasteiger charge is -2.17. The van der Waals surface area contributed by atoms with Gasteiger partial charge < -0.3 is 11.1 Å². The van der Waals surface area contributed by atoms with Gasteiger partial charge in [0.15, 0.2) is 0 Å². The molecule has 0 fully saturated rings. The van der Waals surface area contributed by atoms with Gasteiger partial charge in [-0.2, -0.15) is 0 Å². The second-order valence-corrected chi connectivity index (χ2v) is 7.35. The number of nitrogens with two attached hydrogens (primary N) is 1. The van der Waals surface area contributed by atoms with Gasteiger partial charge in [-0.1, -0.05) is 13.3 Å². The zero-order chi connectivity index (χ0) is 16.2. The quantitative estimate of drug-likeness (QED) is 0.637. The fourth-order valence-electron chi connectivity index (χ4n) is 2.01. The van der Waals surface area contributed by atoms with E-state index in [0.717, 1.165) is 19.1 Å². The summed E-state index contributed by atoms with van der Waals surface area (Å²) in [7, 11) is -3.19. The molecule has 1 unspecified atom stereocenters. The van der Waals surface area contributed by atoms with Gasteiger partial charge in [-0.05, 0) is 13.3 Å². The third kappa shape index (κ3) is 4.92. The molecule has 0 spiro atoms. The van der Waals surface area contributed by atoms with Crippen molar-refractivity contribution in [1.82, 2.24) is 9.55 Å². The fraction of sp³-hybridized carbons (Fsp3) is 0.667. The number of aromatic nitrogens is 2. The Bertz CT molecular complexity index is 705. The Kier molecular flexibility index (Phi) is 5.59. The van der Waals surface area contributed by atoms with Crippen LogP contribution in [0.15, 0.2) is 9.59 Å². The average Bonchev–Trinajstić information content (AvgIpc) is 2.32. The first kappa shape index (κ1) is 17.3. The molecule has 120 valence electrons. The van der Waals surface area contributed by atoms with Crippen LogP contribution in [0.5, 0.6) is 0 Å². The van der Waals surface area contributed by atoms with Gasteiger partial charge in [0.05, 0.1) is 5.75 Å². The molecule has 1 rings (SSSR count). The van der Waals surface area contributed by atoms with Gasteiger partial charge in [0.2, 0.25) is 0 Å². The minimum absolute atomic E-state index is 0.0255. The molecule has 1 atom stereocenters. The van der Waals surface area contributed by atoms with E-state index in [9.17, 15) is 18.0 Å². The van der Waals surface area contributed by atoms with Crippen LogP contribution in [-0.4, -0.2) is 36.0 Å². The Labute approximate surface area is 123 Å². The van der Waals surface area contributed by atoms with Gasteiger partial charge in [-0.25, -0.2) is 13.2 Å². The molecule has 0 bridgehead atoms. The highest BCUT2D eigenvalue weighted by molar-refractivity contribution is 7.90. The standard InChI is InChI=1S/C12H22N4O4S/c1-4-5-6-16-10(13)9(11(17)15-12(16)18)14-8(2)7-21(3,19)20/h8,14H,4-7,13H2,1-3H3,(H,15,17,18). The second-order valence-electron chi connectivity index (χ2n) is 5.16. The highest BCUT2D eigenvalue weighted by atomic mass is 32.2. The molecule has 21 heavy (non-hydrogen) atoms. The summed E-state index contributed by atoms with van der Waals surface area (Å²) in [4.78, 5) is 25.7. The molecular formula is C12H22N4O4S. The number of sulfone groups is 1. The van der Waals surface area contributed by atoms with Crippen LogP contribution in [0.25, 0.3) is 0 Å². The normalized spacial score (nSPS) is 13.1. The first-order chi connectivity index (χ1) is 9.65. The molecule has 0 aromatic carbocycles. The Hall–Kier alpha value is -1.77. The molecule has 0 saturated heterocycles. The molecule has 1 aromatic heterocycles. The van der Waals surface area contributed by atoms with Crippen molar-refractivity contribution in [2.45, 2.75) is 39.3 Å². The SMILES string of the molecule is CCCCn1c(N)c(NC(C)CS(C)(=O)=O)c(=O)[nH]c1=O. The molecular weight excluding hydrogens is 296 g/mol. The number of nitrogens with zero attached hydrogens (tertiary/aromatic N) is 1. The van der Waals surface area contributed by atoms with E-state index in [1.54, 1.807) is 6.92 Å². The predicted octanol–water partition coefficient (Wildman–Crippen LogP) is -0.236. The van der Waals surface area contributed by atoms with E-state index < -0.39 is 27.1 Å². The van der Waals surface area contributed by atoms with E-state index in [1.165, 1.54) is 4.57 Å². The maximum atomic E-state index is 11.8. The van der Waals surface area contributed by atoms with Crippen molar-refractivity contribution in [3.63, 3.8) is 0 Å². The zero-order valence-corrected chi connectivity index (χ0v) is 13.3. The number of nitrogens with one attached hydrogen (secondary N) is 2. The third-order valence-corrected chi connectivity index (χ3v) is 4.02. The largest absolute Gasteiger partial charge is 0.383 e. The fourth-order valence-corrected chi connectivity index (χ4v) is 3.00. The summed E-state index contributed by atoms with van der Waals surface area (Å²) in [5.41, 5.74) is 4.69. The minimum atomic E-state index is -3.19. The number of hydrogen-bond acceptors (Lipinski definition) is 6. The van der Waals surface area contributed by atoms with E-state index in [4.69, 9.17) is 5.73 Å². The number of H-pyrrole nitrogens is 1. The number of aromatic amines is 1. The van der Waals surface area contributed by atoms with E-state index in [0.29, 0.717) is 6.54 Å². The van der Waals surface area contributed by atoms with Crippen molar-refractivity contribution >= 4 is 21.3 Å². The number of rotatable bonds is 7. The highest BCUT2D eigenvalue weighted by Gasteiger charge is 2.16. The Morgan fingerprint density at radius 3 is 2.52 bits per heavy atom. The molecule has 0 aliphatic heterocycles. The molecule has 1 heterocycles. The predicted molar refractivity (Wildman–Crippen MR) is 83.4 cm³/mol. The molecule has 4 N–H and O–H groups in total. The van der Waals surface area contributed by atoms with Crippen LogP contribution in [0.4, 0.5) is 11.5 Å². The average molecular weight is 318 g/mol. The lowest BCUT2D eigenvalue weighted by atomic mass is 10.3. The van der Waals surface area contributed by atoms with Crippen molar-refractivity contribution in [2.75, 3.05) is 23.1 Å². The monoisotopic (exact) mass is 318 g/mol. The molecule has 0 amide bonds. The molecule has 9 heteroatoms. The van der Waals surface area contributed by atoms with Crippen LogP contribution < -0.4 is 22.3 Å². The molecule has 0 saturated carbocycles. The smallest absolute Gasteiger partial charge is 0.330 e. The molecule has 1 aromatic rings. The van der Waals surface area contributed by atoms with Crippen molar-refractivity contribution in [3.8, 4) is 0 Å². The van der Waals surface area contributed by atoms with Crippen LogP contribution >= 0.6 is 0 Å². The summed E-state index contributed by atoms with van der Waals surface area (Å²) in [5.74, 6) is -0.113. The number of anilines is 2. The van der Waals surface area contributed by atoms with Gasteiger partial charge in [0.25, 0.3) is 5.56 Å². The van der Waals surface area contributed by atoms with Gasteiger partial charge in [-0.3, -0.25) is 14.3 Å². The van der Waals surface area contributed by atoms with E-state index in [2.05, 4.69) is 10.3 Å². The van der Waals surface area contributed by atoms with Gasteiger partial charge >= 0.3 is 5.69 Å². The van der Waals surface area contributed by atoms with Crippen molar-refractivity contribution in [1.29, 1.82) is 0 Å². The maximum Gasteiger partial charge on any atom is 0.330 e. The zero-order valence-electron chi connectivity index (χ0n) is 12.5.